The van der Waals surface area contributed by atoms with Gasteiger partial charge in [0.25, 0.3) is 0 Å². The Morgan fingerprint density at radius 1 is 0.483 bits per heavy atom. The van der Waals surface area contributed by atoms with Crippen LogP contribution in [0.4, 0.5) is 0 Å². The first kappa shape index (κ1) is 17.9. The molecule has 0 unspecified atom stereocenters. The van der Waals surface area contributed by atoms with Crippen LogP contribution >= 0.6 is 0 Å². The van der Waals surface area contributed by atoms with Crippen molar-refractivity contribution < 1.29 is 0 Å². The van der Waals surface area contributed by atoms with Crippen LogP contribution in [-0.4, -0.2) is 8.07 Å². The molecule has 0 fully saturated rings. The van der Waals surface area contributed by atoms with Gasteiger partial charge >= 0.3 is 0 Å². The van der Waals surface area contributed by atoms with Crippen molar-refractivity contribution in [1.29, 1.82) is 0 Å². The van der Waals surface area contributed by atoms with Gasteiger partial charge in [0.05, 0.1) is 0 Å². The molecule has 0 heterocycles. The second-order valence-electron chi connectivity index (χ2n) is 7.64. The summed E-state index contributed by atoms with van der Waals surface area (Å²) in [6.45, 7) is 2.28. The van der Waals surface area contributed by atoms with Gasteiger partial charge in [-0.15, -0.1) is 0 Å². The fraction of sp³-hybridized carbons (Fsp3) is 0.0357. The molecule has 29 heavy (non-hydrogen) atoms. The molecule has 1 aliphatic carbocycles. The molecule has 0 spiro atoms. The first-order valence-corrected chi connectivity index (χ1v) is 12.1. The van der Waals surface area contributed by atoms with Crippen molar-refractivity contribution in [3.63, 3.8) is 0 Å². The second-order valence-corrected chi connectivity index (χ2v) is 11.4. The highest BCUT2D eigenvalue weighted by molar-refractivity contribution is 7.16. The second kappa shape index (κ2) is 7.34. The number of hydrogen-bond donors (Lipinski definition) is 0. The van der Waals surface area contributed by atoms with E-state index in [1.54, 1.807) is 0 Å². The summed E-state index contributed by atoms with van der Waals surface area (Å²) in [5, 5.41) is 4.28. The molecule has 0 bridgehead atoms. The van der Waals surface area contributed by atoms with Crippen molar-refractivity contribution >= 4 is 29.7 Å². The Morgan fingerprint density at radius 2 is 0.897 bits per heavy atom. The monoisotopic (exact) mass is 387 g/mol. The molecule has 0 aliphatic heterocycles. The number of rotatable bonds is 4. The fourth-order valence-electron chi connectivity index (χ4n) is 4.86. The predicted molar refractivity (Wildman–Crippen MR) is 126 cm³/mol. The highest BCUT2D eigenvalue weighted by Gasteiger charge is 2.50. The summed E-state index contributed by atoms with van der Waals surface area (Å²) in [6, 6.07) is 42.3. The zero-order valence-corrected chi connectivity index (χ0v) is 17.5. The molecule has 1 aliphatic rings. The molecule has 0 atom stereocenters. The van der Waals surface area contributed by atoms with E-state index in [9.17, 15) is 0 Å². The van der Waals surface area contributed by atoms with Gasteiger partial charge in [-0.25, -0.2) is 0 Å². The van der Waals surface area contributed by atoms with E-state index in [0.29, 0.717) is 0 Å². The lowest BCUT2D eigenvalue weighted by molar-refractivity contribution is 1.35. The fourth-order valence-corrected chi connectivity index (χ4v) is 10.1. The van der Waals surface area contributed by atoms with Crippen molar-refractivity contribution in [3.05, 3.63) is 138 Å². The third-order valence-corrected chi connectivity index (χ3v) is 11.0. The molecular weight excluding hydrogens is 364 g/mol. The minimum atomic E-state index is -2.46. The molecule has 1 radical (unpaired) electrons. The Balaban J connectivity index is 1.91. The summed E-state index contributed by atoms with van der Waals surface area (Å²) in [6.07, 6.45) is 2.36. The van der Waals surface area contributed by atoms with Gasteiger partial charge in [0, 0.05) is 5.54 Å². The van der Waals surface area contributed by atoms with Gasteiger partial charge in [-0.2, -0.15) is 0 Å². The van der Waals surface area contributed by atoms with Gasteiger partial charge in [0.2, 0.25) is 0 Å². The minimum absolute atomic E-state index is 1.33. The van der Waals surface area contributed by atoms with Gasteiger partial charge < -0.3 is 0 Å². The smallest absolute Gasteiger partial charge is 0.0628 e. The standard InChI is InChI=1S/C28H23Si/c1-22-21-23-13-11-12-20-27(23)28(22)29(24-14-5-2-6-15-24,25-16-7-3-8-17-25)26-18-9-4-10-19-26/h2-21H,1H3. The van der Waals surface area contributed by atoms with E-state index in [1.807, 2.05) is 0 Å². The Hall–Kier alpha value is -3.16. The van der Waals surface area contributed by atoms with Gasteiger partial charge in [0.15, 0.2) is 8.07 Å². The third kappa shape index (κ3) is 2.81. The highest BCUT2D eigenvalue weighted by atomic mass is 28.3. The molecule has 0 amide bonds. The number of allylic oxidation sites excluding steroid dienone is 1. The Morgan fingerprint density at radius 3 is 1.38 bits per heavy atom. The first-order chi connectivity index (χ1) is 14.3. The molecule has 1 heteroatoms. The van der Waals surface area contributed by atoms with E-state index in [2.05, 4.69) is 128 Å². The van der Waals surface area contributed by atoms with Gasteiger partial charge in [-0.05, 0) is 33.6 Å². The largest absolute Gasteiger partial charge is 0.163 e. The Bertz CT molecular complexity index is 1050. The van der Waals surface area contributed by atoms with E-state index in [0.717, 1.165) is 0 Å². The molecular formula is C28H23Si. The van der Waals surface area contributed by atoms with E-state index in [4.69, 9.17) is 0 Å². The molecule has 0 nitrogen and oxygen atoms in total. The van der Waals surface area contributed by atoms with E-state index in [1.165, 1.54) is 37.8 Å². The van der Waals surface area contributed by atoms with Crippen LogP contribution in [0.1, 0.15) is 18.1 Å². The third-order valence-electron chi connectivity index (χ3n) is 5.99. The zero-order valence-electron chi connectivity index (χ0n) is 16.5. The number of fused-ring (bicyclic) bond motifs is 1. The van der Waals surface area contributed by atoms with Crippen molar-refractivity contribution in [2.75, 3.05) is 0 Å². The molecule has 4 aromatic carbocycles. The SMILES string of the molecule is CC1=Cc2ccccc2[C]1[Si](c1ccccc1)(c1ccccc1)c1ccccc1. The van der Waals surface area contributed by atoms with E-state index < -0.39 is 8.07 Å². The predicted octanol–water partition coefficient (Wildman–Crippen LogP) is 4.74. The molecule has 0 saturated carbocycles. The molecule has 0 saturated heterocycles. The van der Waals surface area contributed by atoms with Gasteiger partial charge in [0.1, 0.15) is 0 Å². The van der Waals surface area contributed by atoms with Crippen molar-refractivity contribution in [2.45, 2.75) is 6.92 Å². The first-order valence-electron chi connectivity index (χ1n) is 10.1. The number of benzene rings is 4. The van der Waals surface area contributed by atoms with Crippen LogP contribution in [0.2, 0.25) is 0 Å². The molecule has 4 aromatic rings. The molecule has 5 rings (SSSR count). The summed E-state index contributed by atoms with van der Waals surface area (Å²) < 4.78 is 0. The van der Waals surface area contributed by atoms with E-state index in [-0.39, 0.29) is 0 Å². The maximum atomic E-state index is 2.36. The van der Waals surface area contributed by atoms with Crippen LogP contribution in [0.3, 0.4) is 0 Å². The average molecular weight is 388 g/mol. The minimum Gasteiger partial charge on any atom is -0.0628 e. The zero-order chi connectivity index (χ0) is 19.7. The van der Waals surface area contributed by atoms with Gasteiger partial charge in [-0.3, -0.25) is 0 Å². The van der Waals surface area contributed by atoms with Crippen LogP contribution in [0.25, 0.3) is 6.08 Å². The van der Waals surface area contributed by atoms with Crippen LogP contribution in [0.15, 0.2) is 121 Å². The maximum absolute atomic E-state index is 2.46. The summed E-state index contributed by atoms with van der Waals surface area (Å²) in [5.74, 6) is 0. The lowest BCUT2D eigenvalue weighted by Crippen LogP contribution is -2.71. The lowest BCUT2D eigenvalue weighted by atomic mass is 10.1. The van der Waals surface area contributed by atoms with Crippen LogP contribution < -0.4 is 15.6 Å². The molecule has 139 valence electrons. The normalized spacial score (nSPS) is 13.8. The van der Waals surface area contributed by atoms with Crippen LogP contribution in [0.5, 0.6) is 0 Å². The quantitative estimate of drug-likeness (QED) is 0.351. The maximum Gasteiger partial charge on any atom is 0.163 e. The summed E-state index contributed by atoms with van der Waals surface area (Å²) >= 11 is 0. The Kier molecular flexibility index (Phi) is 4.53. The molecule has 0 aromatic heterocycles. The van der Waals surface area contributed by atoms with E-state index >= 15 is 0 Å². The van der Waals surface area contributed by atoms with Crippen molar-refractivity contribution in [1.82, 2.24) is 0 Å². The summed E-state index contributed by atoms with van der Waals surface area (Å²) in [7, 11) is -2.46. The van der Waals surface area contributed by atoms with Crippen LogP contribution in [0, 0.1) is 5.54 Å². The van der Waals surface area contributed by atoms with Crippen LogP contribution in [-0.2, 0) is 0 Å². The van der Waals surface area contributed by atoms with Crippen molar-refractivity contribution in [2.24, 2.45) is 0 Å². The highest BCUT2D eigenvalue weighted by Crippen LogP contribution is 2.40. The summed E-state index contributed by atoms with van der Waals surface area (Å²) in [4.78, 5) is 0. The lowest BCUT2D eigenvalue weighted by Gasteiger charge is -2.40. The van der Waals surface area contributed by atoms with Gasteiger partial charge in [-0.1, -0.05) is 127 Å². The molecule has 0 N–H and O–H groups in total. The Labute approximate surface area is 174 Å². The topological polar surface area (TPSA) is 0 Å². The number of hydrogen-bond acceptors (Lipinski definition) is 0. The van der Waals surface area contributed by atoms with Crippen molar-refractivity contribution in [3.8, 4) is 0 Å². The average Bonchev–Trinajstić information content (AvgIpc) is 3.13. The summed E-state index contributed by atoms with van der Waals surface area (Å²) in [5.41, 5.74) is 5.61.